The average molecular weight is 343 g/mol. The SMILES string of the molecule is CCCNc1ncnc(N(C)CC2CCCOC2)c1Br. The van der Waals surface area contributed by atoms with Gasteiger partial charge >= 0.3 is 0 Å². The molecule has 0 bridgehead atoms. The predicted molar refractivity (Wildman–Crippen MR) is 85.3 cm³/mol. The summed E-state index contributed by atoms with van der Waals surface area (Å²) in [7, 11) is 2.07. The Morgan fingerprint density at radius 1 is 1.50 bits per heavy atom. The van der Waals surface area contributed by atoms with E-state index in [2.05, 4.69) is 50.1 Å². The van der Waals surface area contributed by atoms with E-state index in [1.165, 1.54) is 6.42 Å². The molecule has 0 amide bonds. The standard InChI is InChI=1S/C14H23BrN4O/c1-3-6-16-13-12(15)14(18-10-17-13)19(2)8-11-5-4-7-20-9-11/h10-11H,3-9H2,1-2H3,(H,16,17,18). The molecule has 1 aromatic heterocycles. The summed E-state index contributed by atoms with van der Waals surface area (Å²) in [6.45, 7) is 5.77. The van der Waals surface area contributed by atoms with E-state index in [4.69, 9.17) is 4.74 Å². The van der Waals surface area contributed by atoms with E-state index < -0.39 is 0 Å². The van der Waals surface area contributed by atoms with Gasteiger partial charge in [-0.15, -0.1) is 0 Å². The van der Waals surface area contributed by atoms with Crippen LogP contribution in [0.2, 0.25) is 0 Å². The molecule has 6 heteroatoms. The summed E-state index contributed by atoms with van der Waals surface area (Å²) < 4.78 is 6.48. The lowest BCUT2D eigenvalue weighted by molar-refractivity contribution is 0.0576. The van der Waals surface area contributed by atoms with E-state index in [1.807, 2.05) is 0 Å². The summed E-state index contributed by atoms with van der Waals surface area (Å²) in [6.07, 6.45) is 5.08. The van der Waals surface area contributed by atoms with Crippen molar-refractivity contribution >= 4 is 27.6 Å². The van der Waals surface area contributed by atoms with E-state index in [1.54, 1.807) is 6.33 Å². The fourth-order valence-corrected chi connectivity index (χ4v) is 3.07. The zero-order chi connectivity index (χ0) is 14.4. The molecule has 2 rings (SSSR count). The van der Waals surface area contributed by atoms with Crippen molar-refractivity contribution in [3.8, 4) is 0 Å². The van der Waals surface area contributed by atoms with Gasteiger partial charge in [-0.1, -0.05) is 6.92 Å². The first-order chi connectivity index (χ1) is 9.72. The largest absolute Gasteiger partial charge is 0.381 e. The van der Waals surface area contributed by atoms with Gasteiger partial charge in [0, 0.05) is 26.7 Å². The van der Waals surface area contributed by atoms with Crippen molar-refractivity contribution in [1.29, 1.82) is 0 Å². The van der Waals surface area contributed by atoms with Crippen molar-refractivity contribution in [2.75, 3.05) is 43.6 Å². The number of rotatable bonds is 6. The monoisotopic (exact) mass is 342 g/mol. The maximum Gasteiger partial charge on any atom is 0.148 e. The molecule has 0 spiro atoms. The van der Waals surface area contributed by atoms with E-state index >= 15 is 0 Å². The molecule has 1 saturated heterocycles. The van der Waals surface area contributed by atoms with Crippen LogP contribution in [-0.2, 0) is 4.74 Å². The molecule has 2 heterocycles. The second-order valence-electron chi connectivity index (χ2n) is 5.25. The number of hydrogen-bond donors (Lipinski definition) is 1. The molecule has 1 aliphatic heterocycles. The number of halogens is 1. The quantitative estimate of drug-likeness (QED) is 0.861. The van der Waals surface area contributed by atoms with E-state index in [-0.39, 0.29) is 0 Å². The maximum atomic E-state index is 5.54. The van der Waals surface area contributed by atoms with Crippen molar-refractivity contribution in [2.45, 2.75) is 26.2 Å². The third-order valence-electron chi connectivity index (χ3n) is 3.46. The molecule has 0 aromatic carbocycles. The first kappa shape index (κ1) is 15.5. The van der Waals surface area contributed by atoms with Crippen LogP contribution in [0.25, 0.3) is 0 Å². The minimum absolute atomic E-state index is 0.586. The van der Waals surface area contributed by atoms with Crippen molar-refractivity contribution in [1.82, 2.24) is 9.97 Å². The third-order valence-corrected chi connectivity index (χ3v) is 4.19. The van der Waals surface area contributed by atoms with Crippen molar-refractivity contribution in [2.24, 2.45) is 5.92 Å². The Balaban J connectivity index is 2.02. The van der Waals surface area contributed by atoms with Gasteiger partial charge in [0.25, 0.3) is 0 Å². The van der Waals surface area contributed by atoms with E-state index in [9.17, 15) is 0 Å². The maximum absolute atomic E-state index is 5.54. The lowest BCUT2D eigenvalue weighted by atomic mass is 10.0. The zero-order valence-corrected chi connectivity index (χ0v) is 13.8. The van der Waals surface area contributed by atoms with Gasteiger partial charge in [0.15, 0.2) is 0 Å². The fourth-order valence-electron chi connectivity index (χ4n) is 2.42. The topological polar surface area (TPSA) is 50.3 Å². The number of nitrogens with zero attached hydrogens (tertiary/aromatic N) is 3. The molecular weight excluding hydrogens is 320 g/mol. The minimum Gasteiger partial charge on any atom is -0.381 e. The van der Waals surface area contributed by atoms with Crippen LogP contribution in [-0.4, -0.2) is 43.3 Å². The van der Waals surface area contributed by atoms with Crippen LogP contribution >= 0.6 is 15.9 Å². The van der Waals surface area contributed by atoms with E-state index in [0.29, 0.717) is 5.92 Å². The first-order valence-corrected chi connectivity index (χ1v) is 8.05. The Bertz CT molecular complexity index is 424. The summed E-state index contributed by atoms with van der Waals surface area (Å²) >= 11 is 3.62. The number of ether oxygens (including phenoxy) is 1. The van der Waals surface area contributed by atoms with Crippen LogP contribution in [0.4, 0.5) is 11.6 Å². The molecule has 1 aliphatic rings. The van der Waals surface area contributed by atoms with Crippen LogP contribution in [0, 0.1) is 5.92 Å². The van der Waals surface area contributed by atoms with Crippen molar-refractivity contribution in [3.63, 3.8) is 0 Å². The highest BCUT2D eigenvalue weighted by atomic mass is 79.9. The number of hydrogen-bond acceptors (Lipinski definition) is 5. The van der Waals surface area contributed by atoms with Crippen LogP contribution in [0.3, 0.4) is 0 Å². The Labute approximate surface area is 129 Å². The number of nitrogens with one attached hydrogen (secondary N) is 1. The van der Waals surface area contributed by atoms with Gasteiger partial charge in [0.1, 0.15) is 22.4 Å². The molecule has 1 aromatic rings. The van der Waals surface area contributed by atoms with Crippen LogP contribution in [0.15, 0.2) is 10.8 Å². The minimum atomic E-state index is 0.586. The van der Waals surface area contributed by atoms with Gasteiger partial charge < -0.3 is 15.0 Å². The second kappa shape index (κ2) is 7.78. The first-order valence-electron chi connectivity index (χ1n) is 7.25. The van der Waals surface area contributed by atoms with Crippen molar-refractivity contribution in [3.05, 3.63) is 10.8 Å². The smallest absolute Gasteiger partial charge is 0.148 e. The summed E-state index contributed by atoms with van der Waals surface area (Å²) in [6, 6.07) is 0. The molecule has 5 nitrogen and oxygen atoms in total. The van der Waals surface area contributed by atoms with Gasteiger partial charge in [0.05, 0.1) is 6.61 Å². The molecular formula is C14H23BrN4O. The molecule has 1 atom stereocenters. The number of aromatic nitrogens is 2. The van der Waals surface area contributed by atoms with Gasteiger partial charge in [-0.25, -0.2) is 9.97 Å². The fraction of sp³-hybridized carbons (Fsp3) is 0.714. The van der Waals surface area contributed by atoms with Crippen LogP contribution in [0.1, 0.15) is 26.2 Å². The molecule has 1 N–H and O–H groups in total. The lowest BCUT2D eigenvalue weighted by Gasteiger charge is -2.28. The van der Waals surface area contributed by atoms with Crippen LogP contribution in [0.5, 0.6) is 0 Å². The van der Waals surface area contributed by atoms with Crippen molar-refractivity contribution < 1.29 is 4.74 Å². The van der Waals surface area contributed by atoms with E-state index in [0.717, 1.165) is 55.3 Å². The second-order valence-corrected chi connectivity index (χ2v) is 6.04. The molecule has 112 valence electrons. The Hall–Kier alpha value is -0.880. The highest BCUT2D eigenvalue weighted by Gasteiger charge is 2.19. The highest BCUT2D eigenvalue weighted by Crippen LogP contribution is 2.29. The van der Waals surface area contributed by atoms with Gasteiger partial charge in [0.2, 0.25) is 0 Å². The predicted octanol–water partition coefficient (Wildman–Crippen LogP) is 2.92. The molecule has 0 saturated carbocycles. The summed E-state index contributed by atoms with van der Waals surface area (Å²) in [5.74, 6) is 2.38. The Kier molecular flexibility index (Phi) is 6.04. The third kappa shape index (κ3) is 4.06. The van der Waals surface area contributed by atoms with Gasteiger partial charge in [-0.05, 0) is 41.1 Å². The summed E-state index contributed by atoms with van der Waals surface area (Å²) in [5.41, 5.74) is 0. The molecule has 20 heavy (non-hydrogen) atoms. The average Bonchev–Trinajstić information content (AvgIpc) is 2.47. The lowest BCUT2D eigenvalue weighted by Crippen LogP contribution is -2.31. The molecule has 1 unspecified atom stereocenters. The Morgan fingerprint density at radius 2 is 2.35 bits per heavy atom. The van der Waals surface area contributed by atoms with Gasteiger partial charge in [-0.3, -0.25) is 0 Å². The normalized spacial score (nSPS) is 18.9. The molecule has 0 aliphatic carbocycles. The highest BCUT2D eigenvalue weighted by molar-refractivity contribution is 9.10. The summed E-state index contributed by atoms with van der Waals surface area (Å²) in [4.78, 5) is 10.9. The Morgan fingerprint density at radius 3 is 3.05 bits per heavy atom. The molecule has 1 fully saturated rings. The zero-order valence-electron chi connectivity index (χ0n) is 12.2. The van der Waals surface area contributed by atoms with Gasteiger partial charge in [-0.2, -0.15) is 0 Å². The number of anilines is 2. The van der Waals surface area contributed by atoms with Crippen LogP contribution < -0.4 is 10.2 Å². The molecule has 0 radical (unpaired) electrons. The summed E-state index contributed by atoms with van der Waals surface area (Å²) in [5, 5.41) is 3.31.